The van der Waals surface area contributed by atoms with Crippen molar-refractivity contribution in [3.05, 3.63) is 20.4 Å². The van der Waals surface area contributed by atoms with E-state index >= 15 is 0 Å². The zero-order valence-electron chi connectivity index (χ0n) is 13.3. The van der Waals surface area contributed by atoms with Gasteiger partial charge < -0.3 is 10.6 Å². The first-order valence-electron chi connectivity index (χ1n) is 7.73. The van der Waals surface area contributed by atoms with E-state index in [1.54, 1.807) is 0 Å². The van der Waals surface area contributed by atoms with Gasteiger partial charge in [0, 0.05) is 19.6 Å². The highest BCUT2D eigenvalue weighted by molar-refractivity contribution is 5.73. The smallest absolute Gasteiger partial charge is 0.253 e. The maximum Gasteiger partial charge on any atom is 0.253 e. The van der Waals surface area contributed by atoms with Crippen molar-refractivity contribution in [2.45, 2.75) is 40.0 Å². The number of nitrogens with one attached hydrogen (secondary N) is 3. The Bertz CT molecular complexity index is 479. The summed E-state index contributed by atoms with van der Waals surface area (Å²) in [4.78, 5) is 28.1. The third-order valence-electron chi connectivity index (χ3n) is 3.17. The summed E-state index contributed by atoms with van der Waals surface area (Å²) in [6, 6.07) is 0. The fourth-order valence-electron chi connectivity index (χ4n) is 2.02. The Balaban J connectivity index is 2.29. The molecule has 0 atom stereocenters. The molecule has 1 aromatic rings. The standard InChI is InChI=1S/C15H27N3O3/c1-4-18-21-10-9-17-13-12(14(19)15(13)20)16-8-6-5-7-11(2)3/h11,16-18H,4-10H2,1-3H3. The minimum absolute atomic E-state index is 0.393. The summed E-state index contributed by atoms with van der Waals surface area (Å²) in [7, 11) is 0. The Kier molecular flexibility index (Phi) is 8.00. The van der Waals surface area contributed by atoms with Crippen LogP contribution in [0.25, 0.3) is 0 Å². The summed E-state index contributed by atoms with van der Waals surface area (Å²) in [5.74, 6) is 0.699. The van der Waals surface area contributed by atoms with Crippen molar-refractivity contribution in [2.24, 2.45) is 5.92 Å². The summed E-state index contributed by atoms with van der Waals surface area (Å²) in [5.41, 5.74) is 2.68. The van der Waals surface area contributed by atoms with Gasteiger partial charge >= 0.3 is 0 Å². The van der Waals surface area contributed by atoms with E-state index in [1.807, 2.05) is 6.92 Å². The molecule has 0 aliphatic carbocycles. The molecule has 0 aromatic heterocycles. The summed E-state index contributed by atoms with van der Waals surface area (Å²) >= 11 is 0. The van der Waals surface area contributed by atoms with Gasteiger partial charge in [-0.25, -0.2) is 5.48 Å². The third kappa shape index (κ3) is 5.85. The van der Waals surface area contributed by atoms with Crippen LogP contribution >= 0.6 is 0 Å². The van der Waals surface area contributed by atoms with Gasteiger partial charge in [0.25, 0.3) is 10.9 Å². The number of rotatable bonds is 12. The van der Waals surface area contributed by atoms with Gasteiger partial charge in [0.05, 0.1) is 6.61 Å². The van der Waals surface area contributed by atoms with Gasteiger partial charge in [0.2, 0.25) is 0 Å². The lowest BCUT2D eigenvalue weighted by Crippen LogP contribution is -2.38. The van der Waals surface area contributed by atoms with Gasteiger partial charge in [-0.05, 0) is 12.3 Å². The van der Waals surface area contributed by atoms with Gasteiger partial charge in [-0.3, -0.25) is 14.4 Å². The second kappa shape index (κ2) is 9.52. The van der Waals surface area contributed by atoms with Gasteiger partial charge in [-0.15, -0.1) is 0 Å². The summed E-state index contributed by atoms with van der Waals surface area (Å²) in [5, 5.41) is 6.01. The Labute approximate surface area is 125 Å². The maximum atomic E-state index is 11.5. The van der Waals surface area contributed by atoms with E-state index in [0.717, 1.165) is 25.9 Å². The average Bonchev–Trinajstić information content (AvgIpc) is 2.46. The number of unbranched alkanes of at least 4 members (excludes halogenated alkanes) is 1. The lowest BCUT2D eigenvalue weighted by atomic mass is 10.1. The summed E-state index contributed by atoms with van der Waals surface area (Å²) in [6.45, 7) is 8.69. The van der Waals surface area contributed by atoms with Crippen LogP contribution < -0.4 is 27.0 Å². The average molecular weight is 297 g/mol. The molecule has 3 N–H and O–H groups in total. The zero-order chi connectivity index (χ0) is 15.7. The first-order valence-corrected chi connectivity index (χ1v) is 7.73. The first kappa shape index (κ1) is 17.7. The van der Waals surface area contributed by atoms with Crippen molar-refractivity contribution >= 4 is 11.4 Å². The molecule has 1 rings (SSSR count). The molecule has 0 amide bonds. The van der Waals surface area contributed by atoms with Crippen molar-refractivity contribution < 1.29 is 4.84 Å². The quantitative estimate of drug-likeness (QED) is 0.308. The minimum atomic E-state index is -0.442. The van der Waals surface area contributed by atoms with Gasteiger partial charge in [0.15, 0.2) is 0 Å². The highest BCUT2D eigenvalue weighted by Gasteiger charge is 2.19. The van der Waals surface area contributed by atoms with E-state index in [0.29, 0.717) is 30.4 Å². The molecule has 0 saturated carbocycles. The van der Waals surface area contributed by atoms with Crippen molar-refractivity contribution in [3.63, 3.8) is 0 Å². The van der Waals surface area contributed by atoms with Crippen molar-refractivity contribution in [1.82, 2.24) is 5.48 Å². The SMILES string of the molecule is CCNOCCNc1c(NCCCCC(C)C)c(=O)c1=O. The van der Waals surface area contributed by atoms with Crippen LogP contribution in [0.1, 0.15) is 40.0 Å². The molecule has 1 aromatic carbocycles. The van der Waals surface area contributed by atoms with Crippen molar-refractivity contribution in [3.8, 4) is 0 Å². The highest BCUT2D eigenvalue weighted by Crippen LogP contribution is 2.14. The van der Waals surface area contributed by atoms with E-state index in [-0.39, 0.29) is 0 Å². The van der Waals surface area contributed by atoms with E-state index in [2.05, 4.69) is 30.0 Å². The molecule has 0 aliphatic heterocycles. The predicted molar refractivity (Wildman–Crippen MR) is 86.7 cm³/mol. The van der Waals surface area contributed by atoms with Crippen molar-refractivity contribution in [2.75, 3.05) is 36.9 Å². The first-order chi connectivity index (χ1) is 10.1. The molecule has 0 heterocycles. The number of hydrogen-bond acceptors (Lipinski definition) is 6. The molecule has 0 bridgehead atoms. The minimum Gasteiger partial charge on any atom is -0.380 e. The van der Waals surface area contributed by atoms with Crippen LogP contribution in [-0.2, 0) is 4.84 Å². The Morgan fingerprint density at radius 1 is 1.00 bits per heavy atom. The molecular formula is C15H27N3O3. The molecule has 21 heavy (non-hydrogen) atoms. The molecule has 0 fully saturated rings. The van der Waals surface area contributed by atoms with Crippen LogP contribution in [0.15, 0.2) is 9.59 Å². The second-order valence-corrected chi connectivity index (χ2v) is 5.50. The van der Waals surface area contributed by atoms with E-state index < -0.39 is 10.9 Å². The maximum absolute atomic E-state index is 11.5. The summed E-state index contributed by atoms with van der Waals surface area (Å²) in [6.07, 6.45) is 3.31. The zero-order valence-corrected chi connectivity index (χ0v) is 13.3. The molecule has 0 unspecified atom stereocenters. The topological polar surface area (TPSA) is 79.5 Å². The molecule has 0 spiro atoms. The third-order valence-corrected chi connectivity index (χ3v) is 3.17. The van der Waals surface area contributed by atoms with Crippen LogP contribution in [0.4, 0.5) is 11.4 Å². The van der Waals surface area contributed by atoms with E-state index in [4.69, 9.17) is 4.84 Å². The van der Waals surface area contributed by atoms with E-state index in [9.17, 15) is 9.59 Å². The van der Waals surface area contributed by atoms with Crippen LogP contribution in [0.5, 0.6) is 0 Å². The molecule has 0 radical (unpaired) electrons. The fourth-order valence-corrected chi connectivity index (χ4v) is 2.02. The van der Waals surface area contributed by atoms with Gasteiger partial charge in [-0.2, -0.15) is 0 Å². The second-order valence-electron chi connectivity index (χ2n) is 5.50. The van der Waals surface area contributed by atoms with Crippen LogP contribution in [0.3, 0.4) is 0 Å². The Hall–Kier alpha value is -1.40. The molecular weight excluding hydrogens is 270 g/mol. The molecule has 6 heteroatoms. The monoisotopic (exact) mass is 297 g/mol. The predicted octanol–water partition coefficient (Wildman–Crippen LogP) is 1.47. The number of hydroxylamine groups is 1. The lowest BCUT2D eigenvalue weighted by Gasteiger charge is -2.15. The molecule has 0 saturated heterocycles. The Morgan fingerprint density at radius 2 is 1.62 bits per heavy atom. The molecule has 6 nitrogen and oxygen atoms in total. The molecule has 120 valence electrons. The van der Waals surface area contributed by atoms with E-state index in [1.165, 1.54) is 6.42 Å². The van der Waals surface area contributed by atoms with Crippen molar-refractivity contribution in [1.29, 1.82) is 0 Å². The van der Waals surface area contributed by atoms with Gasteiger partial charge in [0.1, 0.15) is 11.4 Å². The summed E-state index contributed by atoms with van der Waals surface area (Å²) < 4.78 is 0. The van der Waals surface area contributed by atoms with Crippen LogP contribution in [0.2, 0.25) is 0 Å². The van der Waals surface area contributed by atoms with Crippen LogP contribution in [-0.4, -0.2) is 26.2 Å². The van der Waals surface area contributed by atoms with Crippen LogP contribution in [0, 0.1) is 5.92 Å². The number of anilines is 2. The number of hydrogen-bond donors (Lipinski definition) is 3. The Morgan fingerprint density at radius 3 is 2.19 bits per heavy atom. The molecule has 0 aliphatic rings. The largest absolute Gasteiger partial charge is 0.380 e. The fraction of sp³-hybridized carbons (Fsp3) is 0.733. The highest BCUT2D eigenvalue weighted by atomic mass is 16.6. The van der Waals surface area contributed by atoms with Gasteiger partial charge in [-0.1, -0.05) is 33.6 Å². The normalized spacial score (nSPS) is 11.2. The lowest BCUT2D eigenvalue weighted by molar-refractivity contribution is 0.0521.